The predicted octanol–water partition coefficient (Wildman–Crippen LogP) is 0.595. The average Bonchev–Trinajstić information content (AvgIpc) is 2.54. The molecule has 9 heteroatoms. The van der Waals surface area contributed by atoms with Crippen LogP contribution in [-0.4, -0.2) is 31.3 Å². The van der Waals surface area contributed by atoms with E-state index in [9.17, 15) is 17.6 Å². The van der Waals surface area contributed by atoms with E-state index in [0.717, 1.165) is 12.4 Å². The lowest BCUT2D eigenvalue weighted by Gasteiger charge is -2.10. The molecule has 122 valence electrons. The van der Waals surface area contributed by atoms with Crippen LogP contribution in [0.5, 0.6) is 0 Å². The fourth-order valence-electron chi connectivity index (χ4n) is 1.83. The first-order chi connectivity index (χ1) is 10.9. The second-order valence-electron chi connectivity index (χ2n) is 4.64. The quantitative estimate of drug-likeness (QED) is 0.803. The van der Waals surface area contributed by atoms with Crippen LogP contribution in [0.2, 0.25) is 0 Å². The molecule has 1 aromatic heterocycles. The summed E-state index contributed by atoms with van der Waals surface area (Å²) in [6.45, 7) is 0.106. The van der Waals surface area contributed by atoms with Crippen LogP contribution >= 0.6 is 0 Å². The van der Waals surface area contributed by atoms with Crippen molar-refractivity contribution in [2.75, 3.05) is 7.05 Å². The number of sulfonamides is 1. The van der Waals surface area contributed by atoms with E-state index in [1.807, 2.05) is 0 Å². The highest BCUT2D eigenvalue weighted by Gasteiger charge is 2.14. The van der Waals surface area contributed by atoms with Gasteiger partial charge in [0.25, 0.3) is 5.91 Å². The number of nitrogens with one attached hydrogen (secondary N) is 2. The van der Waals surface area contributed by atoms with Crippen molar-refractivity contribution >= 4 is 15.9 Å². The molecule has 0 saturated carbocycles. The number of carbonyl (C=O) groups is 1. The van der Waals surface area contributed by atoms with Gasteiger partial charge in [0.15, 0.2) is 5.82 Å². The minimum Gasteiger partial charge on any atom is -0.345 e. The van der Waals surface area contributed by atoms with Crippen molar-refractivity contribution in [1.82, 2.24) is 20.0 Å². The summed E-state index contributed by atoms with van der Waals surface area (Å²) >= 11 is 0. The molecule has 0 bridgehead atoms. The third-order valence-electron chi connectivity index (χ3n) is 3.04. The zero-order valence-corrected chi connectivity index (χ0v) is 13.1. The van der Waals surface area contributed by atoms with E-state index in [4.69, 9.17) is 0 Å². The maximum Gasteiger partial charge on any atom is 0.289 e. The van der Waals surface area contributed by atoms with Gasteiger partial charge in [-0.1, -0.05) is 24.3 Å². The van der Waals surface area contributed by atoms with Crippen molar-refractivity contribution in [2.24, 2.45) is 0 Å². The van der Waals surface area contributed by atoms with E-state index >= 15 is 0 Å². The van der Waals surface area contributed by atoms with Crippen LogP contribution in [-0.2, 0) is 22.3 Å². The van der Waals surface area contributed by atoms with Crippen LogP contribution in [0.25, 0.3) is 0 Å². The Labute approximate surface area is 133 Å². The molecule has 23 heavy (non-hydrogen) atoms. The molecule has 1 heterocycles. The van der Waals surface area contributed by atoms with E-state index in [1.165, 1.54) is 7.05 Å². The van der Waals surface area contributed by atoms with Crippen LogP contribution in [0.4, 0.5) is 4.39 Å². The van der Waals surface area contributed by atoms with Gasteiger partial charge in [-0.3, -0.25) is 4.79 Å². The lowest BCUT2D eigenvalue weighted by Crippen LogP contribution is -2.26. The van der Waals surface area contributed by atoms with E-state index in [-0.39, 0.29) is 18.1 Å². The predicted molar refractivity (Wildman–Crippen MR) is 81.3 cm³/mol. The molecule has 0 unspecified atom stereocenters. The van der Waals surface area contributed by atoms with Crippen molar-refractivity contribution in [3.63, 3.8) is 0 Å². The van der Waals surface area contributed by atoms with Crippen LogP contribution in [0.3, 0.4) is 0 Å². The SMILES string of the molecule is CNS(=O)(=O)Cc1ccccc1CNC(=O)c1ncc(F)cn1. The van der Waals surface area contributed by atoms with Crippen molar-refractivity contribution in [2.45, 2.75) is 12.3 Å². The summed E-state index contributed by atoms with van der Waals surface area (Å²) in [4.78, 5) is 19.1. The van der Waals surface area contributed by atoms with E-state index in [1.54, 1.807) is 24.3 Å². The van der Waals surface area contributed by atoms with Gasteiger partial charge in [0.1, 0.15) is 0 Å². The Balaban J connectivity index is 2.09. The van der Waals surface area contributed by atoms with Gasteiger partial charge >= 0.3 is 0 Å². The summed E-state index contributed by atoms with van der Waals surface area (Å²) in [5.74, 6) is -1.56. The molecule has 2 N–H and O–H groups in total. The first kappa shape index (κ1) is 17.0. The number of hydrogen-bond acceptors (Lipinski definition) is 5. The first-order valence-electron chi connectivity index (χ1n) is 6.65. The van der Waals surface area contributed by atoms with Crippen molar-refractivity contribution in [1.29, 1.82) is 0 Å². The van der Waals surface area contributed by atoms with Gasteiger partial charge in [0, 0.05) is 6.54 Å². The third-order valence-corrected chi connectivity index (χ3v) is 4.35. The normalized spacial score (nSPS) is 11.2. The van der Waals surface area contributed by atoms with Crippen molar-refractivity contribution in [3.8, 4) is 0 Å². The zero-order chi connectivity index (χ0) is 16.9. The summed E-state index contributed by atoms with van der Waals surface area (Å²) in [7, 11) is -2.08. The highest BCUT2D eigenvalue weighted by atomic mass is 32.2. The van der Waals surface area contributed by atoms with Gasteiger partial charge in [0.05, 0.1) is 18.1 Å². The maximum atomic E-state index is 12.7. The third kappa shape index (κ3) is 4.80. The Morgan fingerprint density at radius 2 is 1.78 bits per heavy atom. The molecule has 0 aliphatic carbocycles. The van der Waals surface area contributed by atoms with Gasteiger partial charge in [-0.25, -0.2) is 27.5 Å². The van der Waals surface area contributed by atoms with Gasteiger partial charge in [-0.05, 0) is 18.2 Å². The number of benzene rings is 1. The van der Waals surface area contributed by atoms with Gasteiger partial charge in [-0.2, -0.15) is 0 Å². The van der Waals surface area contributed by atoms with E-state index in [2.05, 4.69) is 20.0 Å². The Morgan fingerprint density at radius 1 is 1.17 bits per heavy atom. The molecule has 7 nitrogen and oxygen atoms in total. The molecular formula is C14H15FN4O3S. The molecule has 0 radical (unpaired) electrons. The number of hydrogen-bond donors (Lipinski definition) is 2. The summed E-state index contributed by atoms with van der Waals surface area (Å²) in [5, 5.41) is 2.58. The Hall–Kier alpha value is -2.39. The molecule has 0 aliphatic heterocycles. The van der Waals surface area contributed by atoms with Crippen LogP contribution in [0.15, 0.2) is 36.7 Å². The first-order valence-corrected chi connectivity index (χ1v) is 8.30. The highest BCUT2D eigenvalue weighted by Crippen LogP contribution is 2.12. The standard InChI is InChI=1S/C14H15FN4O3S/c1-16-23(21,22)9-11-5-3-2-4-10(11)6-19-14(20)13-17-7-12(15)8-18-13/h2-5,7-8,16H,6,9H2,1H3,(H,19,20). The van der Waals surface area contributed by atoms with Crippen LogP contribution in [0.1, 0.15) is 21.7 Å². The molecule has 0 spiro atoms. The summed E-state index contributed by atoms with van der Waals surface area (Å²) in [6, 6.07) is 6.84. The van der Waals surface area contributed by atoms with Crippen LogP contribution < -0.4 is 10.0 Å². The lowest BCUT2D eigenvalue weighted by molar-refractivity contribution is 0.0940. The molecule has 0 saturated heterocycles. The Morgan fingerprint density at radius 3 is 2.39 bits per heavy atom. The number of carbonyl (C=O) groups excluding carboxylic acids is 1. The van der Waals surface area contributed by atoms with Crippen molar-refractivity contribution in [3.05, 3.63) is 59.4 Å². The minimum atomic E-state index is -3.42. The number of aromatic nitrogens is 2. The largest absolute Gasteiger partial charge is 0.345 e. The van der Waals surface area contributed by atoms with E-state index in [0.29, 0.717) is 11.1 Å². The highest BCUT2D eigenvalue weighted by molar-refractivity contribution is 7.88. The number of nitrogens with zero attached hydrogens (tertiary/aromatic N) is 2. The molecule has 1 aromatic carbocycles. The molecule has 0 fully saturated rings. The fraction of sp³-hybridized carbons (Fsp3) is 0.214. The number of amides is 1. The van der Waals surface area contributed by atoms with Gasteiger partial charge < -0.3 is 5.32 Å². The fourth-order valence-corrected chi connectivity index (χ4v) is 2.67. The Bertz CT molecular complexity index is 794. The monoisotopic (exact) mass is 338 g/mol. The number of halogens is 1. The van der Waals surface area contributed by atoms with Crippen LogP contribution in [0, 0.1) is 5.82 Å². The molecule has 2 rings (SSSR count). The van der Waals surface area contributed by atoms with Crippen molar-refractivity contribution < 1.29 is 17.6 Å². The maximum absolute atomic E-state index is 12.7. The second-order valence-corrected chi connectivity index (χ2v) is 6.57. The lowest BCUT2D eigenvalue weighted by atomic mass is 10.1. The molecule has 2 aromatic rings. The second kappa shape index (κ2) is 7.25. The molecular weight excluding hydrogens is 323 g/mol. The molecule has 0 aliphatic rings. The van der Waals surface area contributed by atoms with Gasteiger partial charge in [-0.15, -0.1) is 0 Å². The average molecular weight is 338 g/mol. The Kier molecular flexibility index (Phi) is 5.35. The van der Waals surface area contributed by atoms with Gasteiger partial charge in [0.2, 0.25) is 15.8 Å². The molecule has 0 atom stereocenters. The summed E-state index contributed by atoms with van der Waals surface area (Å²) in [6.07, 6.45) is 1.80. The zero-order valence-electron chi connectivity index (χ0n) is 12.3. The summed E-state index contributed by atoms with van der Waals surface area (Å²) in [5.41, 5.74) is 1.23. The number of rotatable bonds is 6. The minimum absolute atomic E-state index is 0.106. The topological polar surface area (TPSA) is 101 Å². The smallest absolute Gasteiger partial charge is 0.289 e. The molecule has 1 amide bonds. The summed E-state index contributed by atoms with van der Waals surface area (Å²) < 4.78 is 38.3. The van der Waals surface area contributed by atoms with E-state index < -0.39 is 21.7 Å².